The summed E-state index contributed by atoms with van der Waals surface area (Å²) in [6.07, 6.45) is -0.737. The molecule has 1 unspecified atom stereocenters. The zero-order valence-corrected chi connectivity index (χ0v) is 16.6. The zero-order chi connectivity index (χ0) is 18.9. The largest absolute Gasteiger partial charge is 0.490 e. The van der Waals surface area contributed by atoms with Gasteiger partial charge in [0.15, 0.2) is 17.6 Å². The van der Waals surface area contributed by atoms with Crippen molar-refractivity contribution >= 4 is 27.6 Å². The molecule has 0 amide bonds. The number of hydrogen-bond donors (Lipinski definition) is 2. The fourth-order valence-electron chi connectivity index (χ4n) is 2.26. The van der Waals surface area contributed by atoms with Gasteiger partial charge in [0.05, 0.1) is 18.2 Å². The predicted octanol–water partition coefficient (Wildman–Crippen LogP) is 3.90. The predicted molar refractivity (Wildman–Crippen MR) is 104 cm³/mol. The van der Waals surface area contributed by atoms with Crippen LogP contribution in [-0.4, -0.2) is 25.8 Å². The van der Waals surface area contributed by atoms with Gasteiger partial charge in [-0.15, -0.1) is 0 Å². The third-order valence-electron chi connectivity index (χ3n) is 3.50. The van der Waals surface area contributed by atoms with Crippen molar-refractivity contribution in [2.24, 2.45) is 0 Å². The van der Waals surface area contributed by atoms with Gasteiger partial charge in [0.1, 0.15) is 0 Å². The molecule has 0 saturated heterocycles. The Bertz CT molecular complexity index is 725. The molecule has 2 aromatic rings. The van der Waals surface area contributed by atoms with Crippen LogP contribution in [0.2, 0.25) is 0 Å². The van der Waals surface area contributed by atoms with Crippen LogP contribution in [0.4, 0.5) is 5.69 Å². The van der Waals surface area contributed by atoms with Gasteiger partial charge >= 0.3 is 5.97 Å². The first kappa shape index (κ1) is 20.1. The van der Waals surface area contributed by atoms with E-state index < -0.39 is 12.1 Å². The molecule has 2 N–H and O–H groups in total. The number of benzene rings is 2. The molecule has 0 fully saturated rings. The third-order valence-corrected chi connectivity index (χ3v) is 4.08. The van der Waals surface area contributed by atoms with Crippen molar-refractivity contribution in [2.45, 2.75) is 26.5 Å². The van der Waals surface area contributed by atoms with E-state index in [-0.39, 0.29) is 0 Å². The number of para-hydroxylation sites is 1. The molecule has 140 valence electrons. The van der Waals surface area contributed by atoms with E-state index in [0.717, 1.165) is 11.3 Å². The maximum Gasteiger partial charge on any atom is 0.346 e. The van der Waals surface area contributed by atoms with Gasteiger partial charge < -0.3 is 19.6 Å². The molecule has 2 rings (SSSR count). The molecule has 7 heteroatoms. The van der Waals surface area contributed by atoms with Crippen LogP contribution >= 0.6 is 15.9 Å². The number of methoxy groups -OCH3 is 1. The number of rotatable bonds is 9. The van der Waals surface area contributed by atoms with Gasteiger partial charge in [-0.05, 0) is 59.6 Å². The maximum atomic E-state index is 11.6. The Hall–Kier alpha value is -2.25. The number of nitrogens with one attached hydrogen (secondary N) is 2. The van der Waals surface area contributed by atoms with Crippen LogP contribution in [-0.2, 0) is 16.1 Å². The minimum atomic E-state index is -0.737. The molecule has 0 bridgehead atoms. The Morgan fingerprint density at radius 2 is 1.96 bits per heavy atom. The lowest BCUT2D eigenvalue weighted by Crippen LogP contribution is -2.25. The Kier molecular flexibility index (Phi) is 7.74. The number of hydrazine groups is 1. The van der Waals surface area contributed by atoms with Crippen molar-refractivity contribution < 1.29 is 19.0 Å². The molecule has 0 aromatic heterocycles. The summed E-state index contributed by atoms with van der Waals surface area (Å²) in [6, 6.07) is 13.6. The second-order valence-electron chi connectivity index (χ2n) is 5.47. The highest BCUT2D eigenvalue weighted by Gasteiger charge is 2.20. The number of carbonyl (C=O) groups excluding carboxylic acids is 1. The van der Waals surface area contributed by atoms with Crippen molar-refractivity contribution in [1.82, 2.24) is 5.43 Å². The van der Waals surface area contributed by atoms with Crippen molar-refractivity contribution in [3.63, 3.8) is 0 Å². The van der Waals surface area contributed by atoms with E-state index >= 15 is 0 Å². The van der Waals surface area contributed by atoms with Gasteiger partial charge in [-0.3, -0.25) is 0 Å². The SMILES string of the molecule is CCOc1cc(CNNc2ccccc2)cc(Br)c1OC(C)C(=O)OC. The first-order valence-corrected chi connectivity index (χ1v) is 9.08. The number of halogens is 1. The van der Waals surface area contributed by atoms with Gasteiger partial charge in [-0.2, -0.15) is 0 Å². The van der Waals surface area contributed by atoms with Gasteiger partial charge in [0.2, 0.25) is 0 Å². The van der Waals surface area contributed by atoms with Crippen LogP contribution in [0.3, 0.4) is 0 Å². The summed E-state index contributed by atoms with van der Waals surface area (Å²) >= 11 is 3.50. The fraction of sp³-hybridized carbons (Fsp3) is 0.316. The fourth-order valence-corrected chi connectivity index (χ4v) is 2.84. The molecule has 0 aliphatic rings. The third kappa shape index (κ3) is 5.64. The highest BCUT2D eigenvalue weighted by Crippen LogP contribution is 2.37. The molecule has 0 radical (unpaired) electrons. The van der Waals surface area contributed by atoms with Crippen LogP contribution in [0.15, 0.2) is 46.9 Å². The average molecular weight is 423 g/mol. The molecule has 2 aromatic carbocycles. The molecular formula is C19H23BrN2O4. The minimum absolute atomic E-state index is 0.447. The quantitative estimate of drug-likeness (QED) is 0.471. The monoisotopic (exact) mass is 422 g/mol. The minimum Gasteiger partial charge on any atom is -0.490 e. The highest BCUT2D eigenvalue weighted by atomic mass is 79.9. The van der Waals surface area contributed by atoms with E-state index in [0.29, 0.717) is 29.1 Å². The van der Waals surface area contributed by atoms with E-state index in [9.17, 15) is 4.79 Å². The number of carbonyl (C=O) groups is 1. The topological polar surface area (TPSA) is 68.8 Å². The average Bonchev–Trinajstić information content (AvgIpc) is 2.64. The summed E-state index contributed by atoms with van der Waals surface area (Å²) in [5.74, 6) is 0.593. The lowest BCUT2D eigenvalue weighted by Gasteiger charge is -2.18. The van der Waals surface area contributed by atoms with Crippen LogP contribution in [0.25, 0.3) is 0 Å². The normalized spacial score (nSPS) is 11.5. The summed E-state index contributed by atoms with van der Waals surface area (Å²) in [5, 5.41) is 0. The number of hydrogen-bond acceptors (Lipinski definition) is 6. The van der Waals surface area contributed by atoms with Gasteiger partial charge in [0, 0.05) is 12.2 Å². The van der Waals surface area contributed by atoms with E-state index in [1.54, 1.807) is 6.92 Å². The van der Waals surface area contributed by atoms with Crippen molar-refractivity contribution in [3.05, 3.63) is 52.5 Å². The summed E-state index contributed by atoms with van der Waals surface area (Å²) in [7, 11) is 1.33. The van der Waals surface area contributed by atoms with Crippen LogP contribution in [0.1, 0.15) is 19.4 Å². The standard InChI is InChI=1S/C19H23BrN2O4/c1-4-25-17-11-14(12-21-22-15-8-6-5-7-9-15)10-16(20)18(17)26-13(2)19(23)24-3/h5-11,13,21-22H,4,12H2,1-3H3. The molecule has 0 spiro atoms. The molecule has 0 saturated carbocycles. The Balaban J connectivity index is 2.10. The van der Waals surface area contributed by atoms with Gasteiger partial charge in [-0.1, -0.05) is 18.2 Å². The first-order valence-electron chi connectivity index (χ1n) is 8.28. The van der Waals surface area contributed by atoms with Crippen LogP contribution < -0.4 is 20.3 Å². The van der Waals surface area contributed by atoms with Crippen LogP contribution in [0, 0.1) is 0 Å². The number of anilines is 1. The second-order valence-corrected chi connectivity index (χ2v) is 6.32. The summed E-state index contributed by atoms with van der Waals surface area (Å²) < 4.78 is 16.8. The number of ether oxygens (including phenoxy) is 3. The van der Waals surface area contributed by atoms with Crippen molar-refractivity contribution in [2.75, 3.05) is 19.1 Å². The molecule has 6 nitrogen and oxygen atoms in total. The molecule has 0 aliphatic heterocycles. The van der Waals surface area contributed by atoms with E-state index in [2.05, 4.69) is 26.8 Å². The molecule has 26 heavy (non-hydrogen) atoms. The van der Waals surface area contributed by atoms with E-state index in [1.165, 1.54) is 7.11 Å². The number of esters is 1. The highest BCUT2D eigenvalue weighted by molar-refractivity contribution is 9.10. The summed E-state index contributed by atoms with van der Waals surface area (Å²) in [4.78, 5) is 11.6. The zero-order valence-electron chi connectivity index (χ0n) is 15.0. The van der Waals surface area contributed by atoms with Gasteiger partial charge in [0.25, 0.3) is 0 Å². The first-order chi connectivity index (χ1) is 12.5. The molecule has 0 aliphatic carbocycles. The van der Waals surface area contributed by atoms with E-state index in [1.807, 2.05) is 49.4 Å². The Labute approximate surface area is 161 Å². The summed E-state index contributed by atoms with van der Waals surface area (Å²) in [6.45, 7) is 4.57. The Morgan fingerprint density at radius 1 is 1.23 bits per heavy atom. The van der Waals surface area contributed by atoms with Crippen molar-refractivity contribution in [1.29, 1.82) is 0 Å². The lowest BCUT2D eigenvalue weighted by molar-refractivity contribution is -0.147. The van der Waals surface area contributed by atoms with Crippen LogP contribution in [0.5, 0.6) is 11.5 Å². The van der Waals surface area contributed by atoms with Gasteiger partial charge in [-0.25, -0.2) is 10.2 Å². The second kappa shape index (κ2) is 10.0. The Morgan fingerprint density at radius 3 is 2.62 bits per heavy atom. The van der Waals surface area contributed by atoms with Crippen molar-refractivity contribution in [3.8, 4) is 11.5 Å². The lowest BCUT2D eigenvalue weighted by atomic mass is 10.2. The molecule has 0 heterocycles. The molecular weight excluding hydrogens is 400 g/mol. The molecule has 1 atom stereocenters. The van der Waals surface area contributed by atoms with E-state index in [4.69, 9.17) is 14.2 Å². The smallest absolute Gasteiger partial charge is 0.346 e. The maximum absolute atomic E-state index is 11.6. The summed E-state index contributed by atoms with van der Waals surface area (Å²) in [5.41, 5.74) is 8.26.